The maximum Gasteiger partial charge on any atom is 0.160 e. The number of rotatable bonds is 4. The van der Waals surface area contributed by atoms with Crippen LogP contribution in [0.1, 0.15) is 43.4 Å². The molecular weight excluding hydrogens is 326 g/mol. The highest BCUT2D eigenvalue weighted by Crippen LogP contribution is 2.51. The Bertz CT molecular complexity index is 843. The largest absolute Gasteiger partial charge is 0.504 e. The van der Waals surface area contributed by atoms with Gasteiger partial charge in [0.2, 0.25) is 0 Å². The van der Waals surface area contributed by atoms with Gasteiger partial charge in [-0.25, -0.2) is 0 Å². The highest BCUT2D eigenvalue weighted by Gasteiger charge is 2.38. The number of benzene rings is 2. The Morgan fingerprint density at radius 2 is 2.00 bits per heavy atom. The molecule has 1 aliphatic carbocycles. The van der Waals surface area contributed by atoms with Crippen molar-refractivity contribution in [2.45, 2.75) is 38.3 Å². The van der Waals surface area contributed by atoms with Crippen LogP contribution in [0.15, 0.2) is 48.6 Å². The third-order valence-electron chi connectivity index (χ3n) is 5.27. The standard InChI is InChI=1S/C22H25NO3/c1-13(2)26-15-8-9-19-18(12-15)16-5-4-6-17(16)22(23-19)14-7-10-20(24)21(11-14)25-3/h4-5,7-13,16-17,22-24H,6H2,1-3H3. The molecule has 1 heterocycles. The summed E-state index contributed by atoms with van der Waals surface area (Å²) in [6.07, 6.45) is 5.78. The minimum absolute atomic E-state index is 0.164. The first-order valence-electron chi connectivity index (χ1n) is 9.17. The molecule has 0 bridgehead atoms. The molecule has 0 saturated heterocycles. The maximum atomic E-state index is 9.91. The van der Waals surface area contributed by atoms with E-state index < -0.39 is 0 Å². The molecule has 3 unspecified atom stereocenters. The van der Waals surface area contributed by atoms with Crippen LogP contribution in [0.5, 0.6) is 17.2 Å². The fourth-order valence-corrected chi connectivity index (χ4v) is 4.14. The lowest BCUT2D eigenvalue weighted by molar-refractivity contribution is 0.242. The second kappa shape index (κ2) is 6.60. The van der Waals surface area contributed by atoms with E-state index in [9.17, 15) is 5.11 Å². The zero-order chi connectivity index (χ0) is 18.3. The average Bonchev–Trinajstić information content (AvgIpc) is 3.11. The van der Waals surface area contributed by atoms with Gasteiger partial charge in [0, 0.05) is 11.6 Å². The molecule has 2 aromatic rings. The molecule has 4 rings (SSSR count). The van der Waals surface area contributed by atoms with Gasteiger partial charge >= 0.3 is 0 Å². The van der Waals surface area contributed by atoms with Crippen molar-refractivity contribution in [3.63, 3.8) is 0 Å². The smallest absolute Gasteiger partial charge is 0.160 e. The lowest BCUT2D eigenvalue weighted by atomic mass is 9.77. The minimum atomic E-state index is 0.164. The number of fused-ring (bicyclic) bond motifs is 3. The molecule has 4 nitrogen and oxygen atoms in total. The van der Waals surface area contributed by atoms with Crippen LogP contribution in [0.25, 0.3) is 0 Å². The van der Waals surface area contributed by atoms with Gasteiger partial charge < -0.3 is 19.9 Å². The summed E-state index contributed by atoms with van der Waals surface area (Å²) in [5, 5.41) is 13.6. The van der Waals surface area contributed by atoms with Crippen LogP contribution in [-0.2, 0) is 0 Å². The molecule has 0 fully saturated rings. The predicted octanol–water partition coefficient (Wildman–Crippen LogP) is 5.01. The number of anilines is 1. The molecule has 2 N–H and O–H groups in total. The Labute approximate surface area is 154 Å². The van der Waals surface area contributed by atoms with Gasteiger partial charge in [-0.3, -0.25) is 0 Å². The predicted molar refractivity (Wildman–Crippen MR) is 103 cm³/mol. The molecule has 0 radical (unpaired) electrons. The van der Waals surface area contributed by atoms with Gasteiger partial charge in [0.25, 0.3) is 0 Å². The van der Waals surface area contributed by atoms with Crippen LogP contribution >= 0.6 is 0 Å². The third-order valence-corrected chi connectivity index (χ3v) is 5.27. The monoisotopic (exact) mass is 351 g/mol. The van der Waals surface area contributed by atoms with Crippen molar-refractivity contribution in [2.75, 3.05) is 12.4 Å². The van der Waals surface area contributed by atoms with E-state index in [0.29, 0.717) is 17.6 Å². The summed E-state index contributed by atoms with van der Waals surface area (Å²) >= 11 is 0. The summed E-state index contributed by atoms with van der Waals surface area (Å²) in [6.45, 7) is 4.09. The Kier molecular flexibility index (Phi) is 4.27. The fraction of sp³-hybridized carbons (Fsp3) is 0.364. The summed E-state index contributed by atoms with van der Waals surface area (Å²) < 4.78 is 11.2. The van der Waals surface area contributed by atoms with E-state index in [1.54, 1.807) is 13.2 Å². The van der Waals surface area contributed by atoms with Crippen molar-refractivity contribution < 1.29 is 14.6 Å². The normalized spacial score (nSPS) is 23.3. The highest BCUT2D eigenvalue weighted by molar-refractivity contribution is 5.62. The summed E-state index contributed by atoms with van der Waals surface area (Å²) in [4.78, 5) is 0. The zero-order valence-electron chi connectivity index (χ0n) is 15.4. The van der Waals surface area contributed by atoms with Crippen molar-refractivity contribution in [2.24, 2.45) is 5.92 Å². The number of phenolic OH excluding ortho intramolecular Hbond substituents is 1. The molecular formula is C22H25NO3. The van der Waals surface area contributed by atoms with Crippen LogP contribution in [0.3, 0.4) is 0 Å². The van der Waals surface area contributed by atoms with Crippen LogP contribution in [0, 0.1) is 5.92 Å². The summed E-state index contributed by atoms with van der Waals surface area (Å²) in [5.74, 6) is 2.41. The van der Waals surface area contributed by atoms with Crippen molar-refractivity contribution in [3.05, 3.63) is 59.7 Å². The maximum absolute atomic E-state index is 9.91. The molecule has 1 aliphatic heterocycles. The number of aromatic hydroxyl groups is 1. The van der Waals surface area contributed by atoms with E-state index in [4.69, 9.17) is 9.47 Å². The van der Waals surface area contributed by atoms with Crippen molar-refractivity contribution >= 4 is 5.69 Å². The quantitative estimate of drug-likeness (QED) is 0.760. The van der Waals surface area contributed by atoms with Crippen molar-refractivity contribution in [1.29, 1.82) is 0 Å². The van der Waals surface area contributed by atoms with E-state index in [1.165, 1.54) is 5.56 Å². The SMILES string of the molecule is COc1cc(C2Nc3ccc(OC(C)C)cc3C3C=CCC32)ccc1O. The second-order valence-corrected chi connectivity index (χ2v) is 7.32. The number of hydrogen-bond acceptors (Lipinski definition) is 4. The van der Waals surface area contributed by atoms with Gasteiger partial charge in [0.05, 0.1) is 19.3 Å². The van der Waals surface area contributed by atoms with Gasteiger partial charge in [-0.05, 0) is 67.6 Å². The van der Waals surface area contributed by atoms with Gasteiger partial charge in [0.1, 0.15) is 5.75 Å². The summed E-state index contributed by atoms with van der Waals surface area (Å²) in [7, 11) is 1.58. The Morgan fingerprint density at radius 1 is 1.15 bits per heavy atom. The molecule has 0 amide bonds. The molecule has 3 atom stereocenters. The Morgan fingerprint density at radius 3 is 2.77 bits per heavy atom. The van der Waals surface area contributed by atoms with E-state index in [0.717, 1.165) is 23.4 Å². The minimum Gasteiger partial charge on any atom is -0.504 e. The molecule has 4 heteroatoms. The first-order chi connectivity index (χ1) is 12.6. The zero-order valence-corrected chi connectivity index (χ0v) is 15.4. The topological polar surface area (TPSA) is 50.7 Å². The molecule has 0 spiro atoms. The third kappa shape index (κ3) is 2.90. The lowest BCUT2D eigenvalue weighted by Crippen LogP contribution is -2.29. The summed E-state index contributed by atoms with van der Waals surface area (Å²) in [5.41, 5.74) is 3.57. The Balaban J connectivity index is 1.71. The average molecular weight is 351 g/mol. The number of phenols is 1. The molecule has 0 saturated carbocycles. The van der Waals surface area contributed by atoms with Crippen LogP contribution < -0.4 is 14.8 Å². The second-order valence-electron chi connectivity index (χ2n) is 7.32. The van der Waals surface area contributed by atoms with Crippen LogP contribution in [0.2, 0.25) is 0 Å². The molecule has 136 valence electrons. The molecule has 2 aliphatic rings. The first-order valence-corrected chi connectivity index (χ1v) is 9.17. The Hall–Kier alpha value is -2.62. The summed E-state index contributed by atoms with van der Waals surface area (Å²) in [6, 6.07) is 12.1. The van der Waals surface area contributed by atoms with Crippen LogP contribution in [-0.4, -0.2) is 18.3 Å². The van der Waals surface area contributed by atoms with E-state index in [1.807, 2.05) is 32.0 Å². The van der Waals surface area contributed by atoms with Crippen LogP contribution in [0.4, 0.5) is 5.69 Å². The number of hydrogen-bond donors (Lipinski definition) is 2. The fourth-order valence-electron chi connectivity index (χ4n) is 4.14. The van der Waals surface area contributed by atoms with Gasteiger partial charge in [0.15, 0.2) is 11.5 Å². The van der Waals surface area contributed by atoms with Crippen molar-refractivity contribution in [3.8, 4) is 17.2 Å². The van der Waals surface area contributed by atoms with E-state index in [2.05, 4.69) is 29.6 Å². The first kappa shape index (κ1) is 16.8. The van der Waals surface area contributed by atoms with E-state index >= 15 is 0 Å². The van der Waals surface area contributed by atoms with Gasteiger partial charge in [-0.2, -0.15) is 0 Å². The molecule has 0 aromatic heterocycles. The molecule has 2 aromatic carbocycles. The van der Waals surface area contributed by atoms with Gasteiger partial charge in [-0.15, -0.1) is 0 Å². The lowest BCUT2D eigenvalue weighted by Gasteiger charge is -2.37. The number of allylic oxidation sites excluding steroid dienone is 2. The van der Waals surface area contributed by atoms with Gasteiger partial charge in [-0.1, -0.05) is 18.2 Å². The number of methoxy groups -OCH3 is 1. The van der Waals surface area contributed by atoms with Crippen molar-refractivity contribution in [1.82, 2.24) is 0 Å². The van der Waals surface area contributed by atoms with E-state index in [-0.39, 0.29) is 17.9 Å². The highest BCUT2D eigenvalue weighted by atomic mass is 16.5. The molecule has 26 heavy (non-hydrogen) atoms. The number of nitrogens with one attached hydrogen (secondary N) is 1. The number of ether oxygens (including phenoxy) is 2.